The summed E-state index contributed by atoms with van der Waals surface area (Å²) in [5.74, 6) is -6.06. The summed E-state index contributed by atoms with van der Waals surface area (Å²) in [5, 5.41) is 0.890. The number of hydroxylamine groups is 2. The maximum atomic E-state index is 13.8. The average Bonchev–Trinajstić information content (AvgIpc) is 2.46. The molecule has 0 bridgehead atoms. The molecule has 0 aliphatic heterocycles. The number of ether oxygens (including phenoxy) is 1. The van der Waals surface area contributed by atoms with E-state index in [1.165, 1.54) is 33.2 Å². The quantitative estimate of drug-likeness (QED) is 0.614. The van der Waals surface area contributed by atoms with Crippen molar-refractivity contribution in [2.75, 3.05) is 20.8 Å². The lowest BCUT2D eigenvalue weighted by atomic mass is 10.0. The molecule has 0 N–H and O–H groups in total. The first-order valence-electron chi connectivity index (χ1n) is 5.82. The van der Waals surface area contributed by atoms with E-state index in [9.17, 15) is 18.4 Å². The van der Waals surface area contributed by atoms with Crippen LogP contribution < -0.4 is 0 Å². The summed E-state index contributed by atoms with van der Waals surface area (Å²) in [6.45, 7) is 1.28. The molecule has 0 saturated carbocycles. The topological polar surface area (TPSA) is 55.8 Å². The number of amides is 1. The molecule has 110 valence electrons. The average molecular weight is 287 g/mol. The lowest BCUT2D eigenvalue weighted by Gasteiger charge is -2.17. The van der Waals surface area contributed by atoms with E-state index in [0.29, 0.717) is 0 Å². The molecular weight excluding hydrogens is 272 g/mol. The molecule has 0 atom stereocenters. The minimum Gasteiger partial charge on any atom is -0.461 e. The SMILES string of the molecule is CCOC(=O)C(F)(F)c1cccc(C(=O)N(C)OC)c1. The largest absolute Gasteiger partial charge is 0.461 e. The molecule has 0 aliphatic rings. The van der Waals surface area contributed by atoms with Gasteiger partial charge >= 0.3 is 11.9 Å². The molecule has 0 saturated heterocycles. The van der Waals surface area contributed by atoms with Gasteiger partial charge in [-0.2, -0.15) is 8.78 Å². The Morgan fingerprint density at radius 3 is 2.55 bits per heavy atom. The fourth-order valence-corrected chi connectivity index (χ4v) is 1.45. The van der Waals surface area contributed by atoms with Crippen LogP contribution in [0.5, 0.6) is 0 Å². The highest BCUT2D eigenvalue weighted by atomic mass is 19.3. The Morgan fingerprint density at radius 1 is 1.35 bits per heavy atom. The fourth-order valence-electron chi connectivity index (χ4n) is 1.45. The molecule has 20 heavy (non-hydrogen) atoms. The normalized spacial score (nSPS) is 11.1. The molecule has 1 rings (SSSR count). The number of hydrogen-bond donors (Lipinski definition) is 0. The van der Waals surface area contributed by atoms with E-state index in [4.69, 9.17) is 0 Å². The molecule has 5 nitrogen and oxygen atoms in total. The van der Waals surface area contributed by atoms with Gasteiger partial charge in [-0.1, -0.05) is 12.1 Å². The van der Waals surface area contributed by atoms with Crippen LogP contribution in [0.15, 0.2) is 24.3 Å². The summed E-state index contributed by atoms with van der Waals surface area (Å²) < 4.78 is 32.0. The van der Waals surface area contributed by atoms with Crippen LogP contribution >= 0.6 is 0 Å². The highest BCUT2D eigenvalue weighted by Crippen LogP contribution is 2.30. The number of nitrogens with zero attached hydrogens (tertiary/aromatic N) is 1. The van der Waals surface area contributed by atoms with E-state index in [1.54, 1.807) is 0 Å². The molecule has 0 aliphatic carbocycles. The Kier molecular flexibility index (Phi) is 5.15. The van der Waals surface area contributed by atoms with Crippen molar-refractivity contribution in [3.63, 3.8) is 0 Å². The second-order valence-corrected chi connectivity index (χ2v) is 3.86. The predicted octanol–water partition coefficient (Wildman–Crippen LogP) is 1.97. The molecule has 1 amide bonds. The number of alkyl halides is 2. The van der Waals surface area contributed by atoms with Crippen LogP contribution in [0.2, 0.25) is 0 Å². The number of esters is 1. The summed E-state index contributed by atoms with van der Waals surface area (Å²) in [6.07, 6.45) is 0. The third-order valence-electron chi connectivity index (χ3n) is 2.56. The van der Waals surface area contributed by atoms with E-state index in [0.717, 1.165) is 17.2 Å². The number of carbonyl (C=O) groups excluding carboxylic acids is 2. The lowest BCUT2D eigenvalue weighted by Crippen LogP contribution is -2.29. The van der Waals surface area contributed by atoms with E-state index >= 15 is 0 Å². The summed E-state index contributed by atoms with van der Waals surface area (Å²) in [6, 6.07) is 4.61. The zero-order valence-electron chi connectivity index (χ0n) is 11.4. The lowest BCUT2D eigenvalue weighted by molar-refractivity contribution is -0.173. The van der Waals surface area contributed by atoms with E-state index in [1.807, 2.05) is 0 Å². The zero-order chi connectivity index (χ0) is 15.3. The fraction of sp³-hybridized carbons (Fsp3) is 0.385. The van der Waals surface area contributed by atoms with Crippen molar-refractivity contribution in [2.45, 2.75) is 12.8 Å². The minimum atomic E-state index is -3.81. The molecule has 0 radical (unpaired) electrons. The van der Waals surface area contributed by atoms with Crippen molar-refractivity contribution < 1.29 is 27.9 Å². The van der Waals surface area contributed by atoms with Crippen LogP contribution in [0.4, 0.5) is 8.78 Å². The first kappa shape index (κ1) is 16.0. The van der Waals surface area contributed by atoms with E-state index in [-0.39, 0.29) is 12.2 Å². The zero-order valence-corrected chi connectivity index (χ0v) is 11.4. The number of carbonyl (C=O) groups is 2. The van der Waals surface area contributed by atoms with Crippen LogP contribution in [0.25, 0.3) is 0 Å². The number of rotatable bonds is 5. The Morgan fingerprint density at radius 2 is 2.00 bits per heavy atom. The van der Waals surface area contributed by atoms with Crippen LogP contribution in [0.3, 0.4) is 0 Å². The van der Waals surface area contributed by atoms with Crippen molar-refractivity contribution in [1.29, 1.82) is 0 Å². The second-order valence-electron chi connectivity index (χ2n) is 3.86. The Balaban J connectivity index is 3.10. The summed E-state index contributed by atoms with van der Waals surface area (Å²) in [4.78, 5) is 27.7. The van der Waals surface area contributed by atoms with Crippen LogP contribution in [0, 0.1) is 0 Å². The van der Waals surface area contributed by atoms with Gasteiger partial charge in [0.15, 0.2) is 0 Å². The molecule has 0 heterocycles. The predicted molar refractivity (Wildman–Crippen MR) is 66.1 cm³/mol. The van der Waals surface area contributed by atoms with Crippen molar-refractivity contribution >= 4 is 11.9 Å². The van der Waals surface area contributed by atoms with Gasteiger partial charge in [0.1, 0.15) is 0 Å². The monoisotopic (exact) mass is 287 g/mol. The van der Waals surface area contributed by atoms with Crippen molar-refractivity contribution in [1.82, 2.24) is 5.06 Å². The first-order valence-corrected chi connectivity index (χ1v) is 5.82. The van der Waals surface area contributed by atoms with Crippen molar-refractivity contribution in [3.05, 3.63) is 35.4 Å². The highest BCUT2D eigenvalue weighted by molar-refractivity contribution is 5.94. The third kappa shape index (κ3) is 3.30. The third-order valence-corrected chi connectivity index (χ3v) is 2.56. The van der Waals surface area contributed by atoms with Crippen LogP contribution in [-0.2, 0) is 20.3 Å². The van der Waals surface area contributed by atoms with Crippen molar-refractivity contribution in [3.8, 4) is 0 Å². The van der Waals surface area contributed by atoms with Crippen LogP contribution in [-0.4, -0.2) is 37.7 Å². The molecule has 0 aromatic heterocycles. The molecule has 7 heteroatoms. The van der Waals surface area contributed by atoms with E-state index in [2.05, 4.69) is 9.57 Å². The van der Waals surface area contributed by atoms with Gasteiger partial charge in [-0.15, -0.1) is 0 Å². The van der Waals surface area contributed by atoms with Gasteiger partial charge in [0.25, 0.3) is 5.91 Å². The Labute approximate surface area is 115 Å². The second kappa shape index (κ2) is 6.42. The standard InChI is InChI=1S/C13H15F2NO4/c1-4-20-12(18)13(14,15)10-7-5-6-9(8-10)11(17)16(2)19-3/h5-8H,4H2,1-3H3. The van der Waals surface area contributed by atoms with Gasteiger partial charge in [0.05, 0.1) is 13.7 Å². The molecule has 0 spiro atoms. The minimum absolute atomic E-state index is 0.0178. The van der Waals surface area contributed by atoms with Gasteiger partial charge in [0.2, 0.25) is 0 Å². The van der Waals surface area contributed by atoms with Gasteiger partial charge in [-0.25, -0.2) is 9.86 Å². The maximum absolute atomic E-state index is 13.8. The highest BCUT2D eigenvalue weighted by Gasteiger charge is 2.43. The van der Waals surface area contributed by atoms with Gasteiger partial charge in [-0.3, -0.25) is 9.63 Å². The molecular formula is C13H15F2NO4. The molecule has 0 unspecified atom stereocenters. The van der Waals surface area contributed by atoms with Crippen molar-refractivity contribution in [2.24, 2.45) is 0 Å². The number of hydrogen-bond acceptors (Lipinski definition) is 4. The maximum Gasteiger partial charge on any atom is 0.381 e. The van der Waals surface area contributed by atoms with Gasteiger partial charge in [-0.05, 0) is 19.1 Å². The molecule has 1 aromatic rings. The van der Waals surface area contributed by atoms with Gasteiger partial charge in [0, 0.05) is 18.2 Å². The van der Waals surface area contributed by atoms with Gasteiger partial charge < -0.3 is 4.74 Å². The smallest absolute Gasteiger partial charge is 0.381 e. The summed E-state index contributed by atoms with van der Waals surface area (Å²) >= 11 is 0. The molecule has 1 aromatic carbocycles. The number of benzene rings is 1. The number of halogens is 2. The summed E-state index contributed by atoms with van der Waals surface area (Å²) in [5.41, 5.74) is -0.623. The molecule has 0 fully saturated rings. The van der Waals surface area contributed by atoms with Crippen LogP contribution in [0.1, 0.15) is 22.8 Å². The Hall–Kier alpha value is -2.02. The summed E-state index contributed by atoms with van der Waals surface area (Å²) in [7, 11) is 2.62. The Bertz CT molecular complexity index is 505. The van der Waals surface area contributed by atoms with E-state index < -0.39 is 23.4 Å². The first-order chi connectivity index (χ1) is 9.34.